The fraction of sp³-hybridized carbons (Fsp3) is 0.409. The normalized spacial score (nSPS) is 20.1. The molecule has 29 heavy (non-hydrogen) atoms. The van der Waals surface area contributed by atoms with E-state index in [2.05, 4.69) is 17.4 Å². The Bertz CT molecular complexity index is 984. The van der Waals surface area contributed by atoms with E-state index in [4.69, 9.17) is 4.74 Å². The third-order valence-electron chi connectivity index (χ3n) is 5.72. The van der Waals surface area contributed by atoms with E-state index in [9.17, 15) is 13.2 Å². The highest BCUT2D eigenvalue weighted by atomic mass is 32.2. The highest BCUT2D eigenvalue weighted by Gasteiger charge is 2.30. The van der Waals surface area contributed by atoms with Crippen molar-refractivity contribution < 1.29 is 17.9 Å². The van der Waals surface area contributed by atoms with E-state index in [0.717, 1.165) is 19.3 Å². The van der Waals surface area contributed by atoms with Gasteiger partial charge in [0, 0.05) is 25.6 Å². The topological polar surface area (TPSA) is 75.7 Å². The van der Waals surface area contributed by atoms with Crippen molar-refractivity contribution in [2.75, 3.05) is 32.8 Å². The Morgan fingerprint density at radius 3 is 2.62 bits per heavy atom. The molecule has 1 aliphatic carbocycles. The van der Waals surface area contributed by atoms with Crippen LogP contribution in [0.3, 0.4) is 0 Å². The first-order chi connectivity index (χ1) is 14.1. The first-order valence-electron chi connectivity index (χ1n) is 10.1. The van der Waals surface area contributed by atoms with Gasteiger partial charge in [0.25, 0.3) is 5.91 Å². The van der Waals surface area contributed by atoms with Crippen LogP contribution in [0.5, 0.6) is 0 Å². The van der Waals surface area contributed by atoms with Gasteiger partial charge in [-0.25, -0.2) is 8.42 Å². The maximum atomic E-state index is 13.1. The van der Waals surface area contributed by atoms with Crippen LogP contribution < -0.4 is 5.32 Å². The second-order valence-electron chi connectivity index (χ2n) is 7.51. The molecule has 2 aromatic carbocycles. The molecular weight excluding hydrogens is 388 g/mol. The van der Waals surface area contributed by atoms with E-state index in [-0.39, 0.29) is 22.3 Å². The third-order valence-corrected chi connectivity index (χ3v) is 7.68. The number of hydrogen-bond donors (Lipinski definition) is 1. The molecule has 2 aromatic rings. The third kappa shape index (κ3) is 4.22. The molecule has 0 radical (unpaired) electrons. The smallest absolute Gasteiger partial charge is 0.252 e. The molecule has 2 aliphatic rings. The number of morpholine rings is 1. The molecule has 1 N–H and O–H groups in total. The maximum Gasteiger partial charge on any atom is 0.252 e. The monoisotopic (exact) mass is 414 g/mol. The van der Waals surface area contributed by atoms with Gasteiger partial charge < -0.3 is 10.1 Å². The summed E-state index contributed by atoms with van der Waals surface area (Å²) in [7, 11) is -3.74. The number of nitrogens with zero attached hydrogens (tertiary/aromatic N) is 1. The van der Waals surface area contributed by atoms with Gasteiger partial charge in [0.15, 0.2) is 0 Å². The zero-order chi connectivity index (χ0) is 20.3. The van der Waals surface area contributed by atoms with Gasteiger partial charge in [-0.15, -0.1) is 0 Å². The van der Waals surface area contributed by atoms with Crippen molar-refractivity contribution in [1.29, 1.82) is 0 Å². The van der Waals surface area contributed by atoms with Gasteiger partial charge in [-0.05, 0) is 42.5 Å². The second kappa shape index (κ2) is 8.65. The molecule has 4 rings (SSSR count). The molecule has 154 valence electrons. The van der Waals surface area contributed by atoms with Crippen LogP contribution in [0, 0.1) is 0 Å². The molecule has 0 unspecified atom stereocenters. The van der Waals surface area contributed by atoms with Crippen LogP contribution in [0.25, 0.3) is 0 Å². The summed E-state index contributed by atoms with van der Waals surface area (Å²) in [5, 5.41) is 2.98. The Labute approximate surface area is 171 Å². The van der Waals surface area contributed by atoms with Crippen LogP contribution in [0.15, 0.2) is 53.4 Å². The van der Waals surface area contributed by atoms with E-state index in [1.54, 1.807) is 18.2 Å². The summed E-state index contributed by atoms with van der Waals surface area (Å²) in [5.74, 6) is -0.0904. The van der Waals surface area contributed by atoms with Crippen LogP contribution in [0.1, 0.15) is 40.2 Å². The number of rotatable bonds is 5. The van der Waals surface area contributed by atoms with Crippen molar-refractivity contribution in [2.45, 2.75) is 30.1 Å². The van der Waals surface area contributed by atoms with E-state index in [1.807, 2.05) is 12.1 Å². The van der Waals surface area contributed by atoms with Crippen molar-refractivity contribution in [3.8, 4) is 0 Å². The standard InChI is InChI=1S/C22H26N2O4S/c25-22(23-16-18-8-5-7-17-6-1-2-9-19(17)18)20-10-3-4-11-21(20)29(26,27)24-12-14-28-15-13-24/h1-4,6,9-11,18H,5,7-8,12-16H2,(H,23,25)/t18-/m1/s1. The Hall–Kier alpha value is -2.22. The average Bonchev–Trinajstić information content (AvgIpc) is 2.78. The molecule has 0 saturated carbocycles. The number of amides is 1. The van der Waals surface area contributed by atoms with Gasteiger partial charge in [0.05, 0.1) is 23.7 Å². The van der Waals surface area contributed by atoms with Crippen molar-refractivity contribution in [3.63, 3.8) is 0 Å². The molecule has 1 atom stereocenters. The van der Waals surface area contributed by atoms with E-state index < -0.39 is 10.0 Å². The lowest BCUT2D eigenvalue weighted by Gasteiger charge is -2.27. The summed E-state index contributed by atoms with van der Waals surface area (Å²) in [6.45, 7) is 1.85. The Morgan fingerprint density at radius 2 is 1.79 bits per heavy atom. The lowest BCUT2D eigenvalue weighted by Crippen LogP contribution is -2.41. The first kappa shape index (κ1) is 20.1. The van der Waals surface area contributed by atoms with Gasteiger partial charge in [0.2, 0.25) is 10.0 Å². The van der Waals surface area contributed by atoms with Crippen LogP contribution in [-0.2, 0) is 21.2 Å². The van der Waals surface area contributed by atoms with Crippen molar-refractivity contribution in [2.24, 2.45) is 0 Å². The number of sulfonamides is 1. The largest absolute Gasteiger partial charge is 0.379 e. The first-order valence-corrected chi connectivity index (χ1v) is 11.5. The molecule has 7 heteroatoms. The van der Waals surface area contributed by atoms with E-state index in [1.165, 1.54) is 21.5 Å². The summed E-state index contributed by atoms with van der Waals surface area (Å²) in [4.78, 5) is 13.0. The van der Waals surface area contributed by atoms with Gasteiger partial charge >= 0.3 is 0 Å². The molecule has 0 bridgehead atoms. The predicted molar refractivity (Wildman–Crippen MR) is 110 cm³/mol. The number of hydrogen-bond acceptors (Lipinski definition) is 4. The summed E-state index contributed by atoms with van der Waals surface area (Å²) >= 11 is 0. The van der Waals surface area contributed by atoms with Gasteiger partial charge in [-0.3, -0.25) is 4.79 Å². The molecule has 1 amide bonds. The minimum absolute atomic E-state index is 0.0587. The fourth-order valence-corrected chi connectivity index (χ4v) is 5.78. The molecule has 0 aromatic heterocycles. The predicted octanol–water partition coefficient (Wildman–Crippen LogP) is 2.56. The molecule has 1 heterocycles. The van der Waals surface area contributed by atoms with Crippen LogP contribution in [0.4, 0.5) is 0 Å². The highest BCUT2D eigenvalue weighted by molar-refractivity contribution is 7.89. The quantitative estimate of drug-likeness (QED) is 0.816. The minimum Gasteiger partial charge on any atom is -0.379 e. The minimum atomic E-state index is -3.74. The molecular formula is C22H26N2O4S. The summed E-state index contributed by atoms with van der Waals surface area (Å²) in [5.41, 5.74) is 2.82. The number of benzene rings is 2. The molecule has 6 nitrogen and oxygen atoms in total. The second-order valence-corrected chi connectivity index (χ2v) is 9.42. The maximum absolute atomic E-state index is 13.1. The summed E-state index contributed by atoms with van der Waals surface area (Å²) in [6.07, 6.45) is 3.19. The lowest BCUT2D eigenvalue weighted by molar-refractivity contribution is 0.0730. The number of aryl methyl sites for hydroxylation is 1. The van der Waals surface area contributed by atoms with E-state index >= 15 is 0 Å². The Balaban J connectivity index is 1.52. The highest BCUT2D eigenvalue weighted by Crippen LogP contribution is 2.31. The molecule has 0 spiro atoms. The molecule has 1 fully saturated rings. The van der Waals surface area contributed by atoms with Crippen LogP contribution in [0.2, 0.25) is 0 Å². The number of fused-ring (bicyclic) bond motifs is 1. The van der Waals surface area contributed by atoms with Crippen molar-refractivity contribution >= 4 is 15.9 Å². The Kier molecular flexibility index (Phi) is 5.99. The van der Waals surface area contributed by atoms with Gasteiger partial charge in [-0.2, -0.15) is 4.31 Å². The SMILES string of the molecule is O=C(NC[C@H]1CCCc2ccccc21)c1ccccc1S(=O)(=O)N1CCOCC1. The summed E-state index contributed by atoms with van der Waals surface area (Å²) < 4.78 is 32.8. The zero-order valence-corrected chi connectivity index (χ0v) is 17.2. The Morgan fingerprint density at radius 1 is 1.07 bits per heavy atom. The van der Waals surface area contributed by atoms with E-state index in [0.29, 0.717) is 32.8 Å². The van der Waals surface area contributed by atoms with Gasteiger partial charge in [-0.1, -0.05) is 36.4 Å². The van der Waals surface area contributed by atoms with Crippen molar-refractivity contribution in [3.05, 3.63) is 65.2 Å². The fourth-order valence-electron chi connectivity index (χ4n) is 4.18. The number of nitrogens with one attached hydrogen (secondary N) is 1. The van der Waals surface area contributed by atoms with Gasteiger partial charge in [0.1, 0.15) is 0 Å². The van der Waals surface area contributed by atoms with Crippen LogP contribution >= 0.6 is 0 Å². The average molecular weight is 415 g/mol. The molecule has 1 saturated heterocycles. The molecule has 1 aliphatic heterocycles. The van der Waals surface area contributed by atoms with Crippen molar-refractivity contribution in [1.82, 2.24) is 9.62 Å². The summed E-state index contributed by atoms with van der Waals surface area (Å²) in [6, 6.07) is 14.8. The number of ether oxygens (including phenoxy) is 1. The number of carbonyl (C=O) groups excluding carboxylic acids is 1. The number of carbonyl (C=O) groups is 1. The zero-order valence-electron chi connectivity index (χ0n) is 16.3. The lowest BCUT2D eigenvalue weighted by atomic mass is 9.83. The van der Waals surface area contributed by atoms with Crippen LogP contribution in [-0.4, -0.2) is 51.5 Å².